The highest BCUT2D eigenvalue weighted by Gasteiger charge is 2.08. The third-order valence-corrected chi connectivity index (χ3v) is 2.19. The molecule has 0 saturated carbocycles. The molecule has 2 rings (SSSR count). The molecule has 0 aliphatic heterocycles. The van der Waals surface area contributed by atoms with E-state index in [4.69, 9.17) is 0 Å². The minimum Gasteiger partial charge on any atom is -1.00 e. The van der Waals surface area contributed by atoms with Gasteiger partial charge in [0.15, 0.2) is 11.9 Å². The van der Waals surface area contributed by atoms with Gasteiger partial charge in [-0.15, -0.1) is 10.6 Å². The normalized spacial score (nSPS) is 9.00. The Balaban J connectivity index is 0.00000144. The quantitative estimate of drug-likeness (QED) is 0.538. The molecule has 0 aliphatic rings. The molecule has 3 nitrogen and oxygen atoms in total. The molecule has 4 heteroatoms. The van der Waals surface area contributed by atoms with Crippen LogP contribution >= 0.6 is 0 Å². The van der Waals surface area contributed by atoms with Gasteiger partial charge in [0.1, 0.15) is 0 Å². The van der Waals surface area contributed by atoms with Crippen LogP contribution in [0.3, 0.4) is 0 Å². The average Bonchev–Trinajstić information content (AvgIpc) is 2.79. The van der Waals surface area contributed by atoms with Crippen molar-refractivity contribution in [3.05, 3.63) is 42.2 Å². The van der Waals surface area contributed by atoms with E-state index in [1.54, 1.807) is 0 Å². The second-order valence-electron chi connectivity index (χ2n) is 3.42. The zero-order chi connectivity index (χ0) is 11.2. The molecule has 0 atom stereocenters. The second-order valence-corrected chi connectivity index (χ2v) is 3.42. The van der Waals surface area contributed by atoms with Gasteiger partial charge >= 0.3 is 0 Å². The molecule has 1 aromatic heterocycles. The van der Waals surface area contributed by atoms with E-state index in [1.807, 2.05) is 48.1 Å². The molecule has 0 fully saturated rings. The predicted molar refractivity (Wildman–Crippen MR) is 61.9 cm³/mol. The largest absolute Gasteiger partial charge is 1.00 e. The Labute approximate surface area is 112 Å². The van der Waals surface area contributed by atoms with Crippen molar-refractivity contribution in [3.63, 3.8) is 0 Å². The Kier molecular flexibility index (Phi) is 5.44. The Hall–Kier alpha value is -1.60. The summed E-state index contributed by atoms with van der Waals surface area (Å²) in [6.07, 6.45) is 3.56. The number of hydrogen-bond acceptors (Lipinski definition) is 1. The molecule has 0 bridgehead atoms. The number of para-hydroxylation sites is 1. The van der Waals surface area contributed by atoms with Gasteiger partial charge in [-0.1, -0.05) is 36.3 Å². The Morgan fingerprint density at radius 3 is 2.71 bits per heavy atom. The molecule has 0 saturated heterocycles. The number of nitrogens with zero attached hydrogens (tertiary/aromatic N) is 2. The smallest absolute Gasteiger partial charge is 0.230 e. The fraction of sp³-hybridized carbons (Fsp3) is 0.231. The molecule has 88 valence electrons. The average molecular weight is 292 g/mol. The van der Waals surface area contributed by atoms with Gasteiger partial charge in [0, 0.05) is 11.5 Å². The summed E-state index contributed by atoms with van der Waals surface area (Å²) in [6, 6.07) is 10.0. The first-order valence-electron chi connectivity index (χ1n) is 5.37. The van der Waals surface area contributed by atoms with Crippen LogP contribution in [0.1, 0.15) is 19.0 Å². The molecular formula is C13H14BrN3. The van der Waals surface area contributed by atoms with Gasteiger partial charge in [0.25, 0.3) is 0 Å². The third kappa shape index (κ3) is 3.72. The molecule has 1 N–H and O–H groups in total. The van der Waals surface area contributed by atoms with Crippen LogP contribution in [-0.2, 0) is 6.42 Å². The first-order chi connectivity index (χ1) is 7.90. The van der Waals surface area contributed by atoms with Crippen LogP contribution < -0.4 is 21.7 Å². The van der Waals surface area contributed by atoms with Crippen LogP contribution in [-0.4, -0.2) is 10.3 Å². The van der Waals surface area contributed by atoms with Gasteiger partial charge in [-0.3, -0.25) is 0 Å². The van der Waals surface area contributed by atoms with Crippen molar-refractivity contribution in [2.45, 2.75) is 19.8 Å². The van der Waals surface area contributed by atoms with Gasteiger partial charge in [-0.2, -0.15) is 0 Å². The van der Waals surface area contributed by atoms with E-state index in [0.717, 1.165) is 17.8 Å². The number of hydrogen-bond donors (Lipinski definition) is 1. The molecule has 0 unspecified atom stereocenters. The van der Waals surface area contributed by atoms with Crippen LogP contribution in [0.15, 0.2) is 36.5 Å². The maximum atomic E-state index is 4.20. The van der Waals surface area contributed by atoms with E-state index in [1.165, 1.54) is 0 Å². The third-order valence-electron chi connectivity index (χ3n) is 2.19. The minimum atomic E-state index is 0. The first kappa shape index (κ1) is 13.5. The van der Waals surface area contributed by atoms with Crippen molar-refractivity contribution < 1.29 is 21.7 Å². The highest BCUT2D eigenvalue weighted by molar-refractivity contribution is 5.21. The number of benzene rings is 1. The number of rotatable bonds is 2. The summed E-state index contributed by atoms with van der Waals surface area (Å²) in [5, 5.41) is 7.15. The van der Waals surface area contributed by atoms with Crippen LogP contribution in [0.4, 0.5) is 0 Å². The SMILES string of the molecule is CCC#CCc1c[n+](-c2ccccc2)[nH]n1.[Br-]. The van der Waals surface area contributed by atoms with Gasteiger partial charge in [-0.05, 0) is 12.1 Å². The van der Waals surface area contributed by atoms with Crippen molar-refractivity contribution in [2.24, 2.45) is 0 Å². The molecule has 17 heavy (non-hydrogen) atoms. The van der Waals surface area contributed by atoms with Crippen LogP contribution in [0.25, 0.3) is 5.69 Å². The van der Waals surface area contributed by atoms with Crippen molar-refractivity contribution in [3.8, 4) is 17.5 Å². The zero-order valence-electron chi connectivity index (χ0n) is 9.65. The maximum Gasteiger partial charge on any atom is 0.230 e. The van der Waals surface area contributed by atoms with Gasteiger partial charge in [-0.25, -0.2) is 0 Å². The van der Waals surface area contributed by atoms with Crippen LogP contribution in [0.2, 0.25) is 0 Å². The number of H-pyrrole nitrogens is 1. The van der Waals surface area contributed by atoms with Crippen molar-refractivity contribution in [2.75, 3.05) is 0 Å². The lowest BCUT2D eigenvalue weighted by Crippen LogP contribution is -3.00. The van der Waals surface area contributed by atoms with Gasteiger partial charge in [0.05, 0.1) is 6.42 Å². The molecule has 1 heterocycles. The monoisotopic (exact) mass is 291 g/mol. The number of aromatic amines is 1. The van der Waals surface area contributed by atoms with E-state index < -0.39 is 0 Å². The molecule has 0 aliphatic carbocycles. The fourth-order valence-corrected chi connectivity index (χ4v) is 1.41. The molecule has 2 aromatic rings. The predicted octanol–water partition coefficient (Wildman–Crippen LogP) is -1.35. The van der Waals surface area contributed by atoms with E-state index in [-0.39, 0.29) is 17.0 Å². The number of aromatic nitrogens is 3. The summed E-state index contributed by atoms with van der Waals surface area (Å²) in [5.74, 6) is 6.10. The maximum absolute atomic E-state index is 4.20. The summed E-state index contributed by atoms with van der Waals surface area (Å²) in [4.78, 5) is 0. The standard InChI is InChI=1S/C13H13N3.BrH/c1-2-3-5-8-12-11-16(15-14-12)13-9-6-4-7-10-13;/h4,6-7,9-11H,2,8H2,1H3;1H. The Morgan fingerprint density at radius 1 is 1.24 bits per heavy atom. The fourth-order valence-electron chi connectivity index (χ4n) is 1.41. The molecule has 0 spiro atoms. The Morgan fingerprint density at radius 2 is 2.00 bits per heavy atom. The highest BCUT2D eigenvalue weighted by Crippen LogP contribution is 1.97. The van der Waals surface area contributed by atoms with E-state index in [0.29, 0.717) is 6.42 Å². The first-order valence-corrected chi connectivity index (χ1v) is 5.37. The Bertz CT molecular complexity index is 508. The van der Waals surface area contributed by atoms with Gasteiger partial charge in [0.2, 0.25) is 5.69 Å². The van der Waals surface area contributed by atoms with Gasteiger partial charge < -0.3 is 17.0 Å². The van der Waals surface area contributed by atoms with Crippen molar-refractivity contribution >= 4 is 0 Å². The molecule has 1 aromatic carbocycles. The van der Waals surface area contributed by atoms with E-state index >= 15 is 0 Å². The zero-order valence-corrected chi connectivity index (χ0v) is 11.2. The summed E-state index contributed by atoms with van der Waals surface area (Å²) in [6.45, 7) is 2.04. The lowest BCUT2D eigenvalue weighted by molar-refractivity contribution is -0.659. The lowest BCUT2D eigenvalue weighted by Gasteiger charge is -1.90. The van der Waals surface area contributed by atoms with Crippen LogP contribution in [0, 0.1) is 11.8 Å². The number of nitrogens with one attached hydrogen (secondary N) is 1. The van der Waals surface area contributed by atoms with E-state index in [2.05, 4.69) is 22.2 Å². The summed E-state index contributed by atoms with van der Waals surface area (Å²) in [7, 11) is 0. The topological polar surface area (TPSA) is 32.6 Å². The molecule has 0 amide bonds. The van der Waals surface area contributed by atoms with Crippen LogP contribution in [0.5, 0.6) is 0 Å². The summed E-state index contributed by atoms with van der Waals surface area (Å²) >= 11 is 0. The van der Waals surface area contributed by atoms with Crippen molar-refractivity contribution in [1.29, 1.82) is 0 Å². The highest BCUT2D eigenvalue weighted by atomic mass is 79.9. The summed E-state index contributed by atoms with van der Waals surface area (Å²) < 4.78 is 1.89. The minimum absolute atomic E-state index is 0. The number of halogens is 1. The van der Waals surface area contributed by atoms with E-state index in [9.17, 15) is 0 Å². The summed E-state index contributed by atoms with van der Waals surface area (Å²) in [5.41, 5.74) is 2.04. The molecule has 0 radical (unpaired) electrons. The second kappa shape index (κ2) is 6.87. The lowest BCUT2D eigenvalue weighted by atomic mass is 10.3. The molecular weight excluding hydrogens is 278 g/mol. The van der Waals surface area contributed by atoms with Crippen molar-refractivity contribution in [1.82, 2.24) is 10.3 Å².